The first-order valence-corrected chi connectivity index (χ1v) is 21.3. The lowest BCUT2D eigenvalue weighted by molar-refractivity contribution is -0.298. The van der Waals surface area contributed by atoms with Gasteiger partial charge in [-0.2, -0.15) is 0 Å². The quantitative estimate of drug-likeness (QED) is 0.0284. The Bertz CT molecular complexity index is 1330. The van der Waals surface area contributed by atoms with E-state index in [0.29, 0.717) is 12.8 Å². The number of carboxylic acids is 1. The molecular formula is C47H72O11. The molecule has 1 fully saturated rings. The highest BCUT2D eigenvalue weighted by atomic mass is 16.7. The van der Waals surface area contributed by atoms with Gasteiger partial charge in [-0.3, -0.25) is 9.59 Å². The van der Waals surface area contributed by atoms with Crippen LogP contribution in [0.25, 0.3) is 0 Å². The molecule has 11 heteroatoms. The average Bonchev–Trinajstić information content (AvgIpc) is 3.21. The van der Waals surface area contributed by atoms with Crippen molar-refractivity contribution in [3.8, 4) is 0 Å². The molecule has 1 rings (SSSR count). The highest BCUT2D eigenvalue weighted by molar-refractivity contribution is 5.73. The molecule has 0 saturated carbocycles. The third-order valence-corrected chi connectivity index (χ3v) is 8.93. The Labute approximate surface area is 347 Å². The van der Waals surface area contributed by atoms with E-state index in [1.165, 1.54) is 0 Å². The van der Waals surface area contributed by atoms with Crippen LogP contribution in [-0.2, 0) is 33.3 Å². The molecule has 1 aliphatic rings. The zero-order chi connectivity index (χ0) is 42.5. The summed E-state index contributed by atoms with van der Waals surface area (Å²) in [6.07, 6.45) is 38.9. The maximum atomic E-state index is 12.7. The molecule has 0 aliphatic carbocycles. The number of ether oxygens (including phenoxy) is 4. The number of esters is 2. The number of hydrogen-bond acceptors (Lipinski definition) is 10. The largest absolute Gasteiger partial charge is 0.479 e. The van der Waals surface area contributed by atoms with Gasteiger partial charge in [-0.15, -0.1) is 0 Å². The zero-order valence-electron chi connectivity index (χ0n) is 35.0. The summed E-state index contributed by atoms with van der Waals surface area (Å²) in [4.78, 5) is 36.7. The molecule has 0 aromatic heterocycles. The van der Waals surface area contributed by atoms with Gasteiger partial charge in [0.25, 0.3) is 0 Å². The van der Waals surface area contributed by atoms with Gasteiger partial charge in [0, 0.05) is 12.8 Å². The van der Waals surface area contributed by atoms with E-state index in [1.54, 1.807) is 0 Å². The van der Waals surface area contributed by atoms with Crippen LogP contribution in [0.15, 0.2) is 97.2 Å². The van der Waals surface area contributed by atoms with E-state index >= 15 is 0 Å². The van der Waals surface area contributed by atoms with E-state index in [0.717, 1.165) is 89.9 Å². The maximum Gasteiger partial charge on any atom is 0.335 e. The number of unbranched alkanes of at least 4 members (excludes halogenated alkanes) is 6. The van der Waals surface area contributed by atoms with Gasteiger partial charge < -0.3 is 39.4 Å². The molecule has 0 bridgehead atoms. The number of carboxylic acid groups (broad SMARTS) is 1. The molecule has 6 atom stereocenters. The summed E-state index contributed by atoms with van der Waals surface area (Å²) in [5.74, 6) is -2.54. The molecule has 1 heterocycles. The molecule has 4 N–H and O–H groups in total. The van der Waals surface area contributed by atoms with E-state index < -0.39 is 61.3 Å². The number of aliphatic hydroxyl groups is 3. The summed E-state index contributed by atoms with van der Waals surface area (Å²) >= 11 is 0. The minimum Gasteiger partial charge on any atom is -0.479 e. The van der Waals surface area contributed by atoms with Crippen molar-refractivity contribution < 1.29 is 53.8 Å². The van der Waals surface area contributed by atoms with E-state index in [1.807, 2.05) is 0 Å². The Hall–Kier alpha value is -3.87. The smallest absolute Gasteiger partial charge is 0.335 e. The molecule has 1 aliphatic heterocycles. The lowest BCUT2D eigenvalue weighted by Gasteiger charge is -2.38. The number of carbonyl (C=O) groups excluding carboxylic acids is 2. The molecular weight excluding hydrogens is 741 g/mol. The minimum absolute atomic E-state index is 0.134. The van der Waals surface area contributed by atoms with E-state index in [9.17, 15) is 34.8 Å². The van der Waals surface area contributed by atoms with Crippen LogP contribution in [0.3, 0.4) is 0 Å². The first-order chi connectivity index (χ1) is 28.2. The first-order valence-electron chi connectivity index (χ1n) is 21.3. The molecule has 0 radical (unpaired) electrons. The van der Waals surface area contributed by atoms with Crippen molar-refractivity contribution in [2.75, 3.05) is 13.2 Å². The SMILES string of the molecule is CC/C=C\C/C=C\C/C=C\C/C=C\C/C=C\CCCCCC(=O)OCC(COC1OC(C(=O)O)C(O)C(O)C1O)OC(=O)CCCCC/C=C\C/C=C\C/C=C\CC. The summed E-state index contributed by atoms with van der Waals surface area (Å²) < 4.78 is 21.6. The number of aliphatic carboxylic acids is 1. The second-order valence-electron chi connectivity index (χ2n) is 14.1. The Morgan fingerprint density at radius 2 is 0.966 bits per heavy atom. The van der Waals surface area contributed by atoms with Gasteiger partial charge in [0.05, 0.1) is 6.61 Å². The topological polar surface area (TPSA) is 169 Å². The second kappa shape index (κ2) is 36.2. The van der Waals surface area contributed by atoms with Crippen molar-refractivity contribution in [2.45, 2.75) is 166 Å². The molecule has 0 amide bonds. The van der Waals surface area contributed by atoms with Crippen molar-refractivity contribution in [3.05, 3.63) is 97.2 Å². The van der Waals surface area contributed by atoms with Crippen LogP contribution >= 0.6 is 0 Å². The Morgan fingerprint density at radius 3 is 1.41 bits per heavy atom. The zero-order valence-corrected chi connectivity index (χ0v) is 35.0. The molecule has 1 saturated heterocycles. The third-order valence-electron chi connectivity index (χ3n) is 8.93. The lowest BCUT2D eigenvalue weighted by Crippen LogP contribution is -2.60. The molecule has 0 aromatic rings. The average molecular weight is 813 g/mol. The molecule has 326 valence electrons. The Balaban J connectivity index is 2.44. The summed E-state index contributed by atoms with van der Waals surface area (Å²) in [6, 6.07) is 0. The summed E-state index contributed by atoms with van der Waals surface area (Å²) in [5, 5.41) is 39.7. The fraction of sp³-hybridized carbons (Fsp3) is 0.596. The highest BCUT2D eigenvalue weighted by Gasteiger charge is 2.47. The number of rotatable bonds is 33. The van der Waals surface area contributed by atoms with Crippen LogP contribution in [0, 0.1) is 0 Å². The predicted octanol–water partition coefficient (Wildman–Crippen LogP) is 8.86. The van der Waals surface area contributed by atoms with E-state index in [4.69, 9.17) is 18.9 Å². The van der Waals surface area contributed by atoms with Crippen LogP contribution in [-0.4, -0.2) is 88.4 Å². The molecule has 0 aromatic carbocycles. The van der Waals surface area contributed by atoms with Crippen molar-refractivity contribution in [1.82, 2.24) is 0 Å². The predicted molar refractivity (Wildman–Crippen MR) is 229 cm³/mol. The molecule has 0 spiro atoms. The van der Waals surface area contributed by atoms with Gasteiger partial charge in [-0.05, 0) is 89.9 Å². The first kappa shape index (κ1) is 52.1. The van der Waals surface area contributed by atoms with Crippen LogP contribution in [0.4, 0.5) is 0 Å². The summed E-state index contributed by atoms with van der Waals surface area (Å²) in [5.41, 5.74) is 0. The van der Waals surface area contributed by atoms with Gasteiger partial charge >= 0.3 is 17.9 Å². The molecule has 11 nitrogen and oxygen atoms in total. The fourth-order valence-corrected chi connectivity index (χ4v) is 5.62. The number of hydrogen-bond donors (Lipinski definition) is 4. The highest BCUT2D eigenvalue weighted by Crippen LogP contribution is 2.23. The number of aliphatic hydroxyl groups excluding tert-OH is 3. The Morgan fingerprint density at radius 1 is 0.534 bits per heavy atom. The van der Waals surface area contributed by atoms with Gasteiger partial charge in [0.15, 0.2) is 18.5 Å². The monoisotopic (exact) mass is 813 g/mol. The Kier molecular flexibility index (Phi) is 32.6. The lowest BCUT2D eigenvalue weighted by atomic mass is 9.99. The normalized spacial score (nSPS) is 21.0. The standard InChI is InChI=1S/C47H72O11/c1-3-5-7-9-11-13-15-17-18-19-20-21-22-24-25-27-29-31-33-35-40(48)55-37-39(38-56-47-44(52)42(50)43(51)45(58-47)46(53)54)57-41(49)36-34-32-30-28-26-23-16-14-12-10-8-6-4-2/h5-8,11-14,17-18,20-21,23-26,39,42-45,47,50-52H,3-4,9-10,15-16,19,22,27-38H2,1-2H3,(H,53,54)/b7-5-,8-6-,13-11-,14-12-,18-17-,21-20-,25-24-,26-23-. The second-order valence-corrected chi connectivity index (χ2v) is 14.1. The number of carbonyl (C=O) groups is 3. The summed E-state index contributed by atoms with van der Waals surface area (Å²) in [7, 11) is 0. The fourth-order valence-electron chi connectivity index (χ4n) is 5.62. The van der Waals surface area contributed by atoms with Crippen molar-refractivity contribution in [3.63, 3.8) is 0 Å². The third kappa shape index (κ3) is 27.7. The van der Waals surface area contributed by atoms with Gasteiger partial charge in [-0.1, -0.05) is 124 Å². The molecule has 58 heavy (non-hydrogen) atoms. The minimum atomic E-state index is -1.88. The van der Waals surface area contributed by atoms with Crippen LogP contribution in [0.5, 0.6) is 0 Å². The van der Waals surface area contributed by atoms with Crippen molar-refractivity contribution in [1.29, 1.82) is 0 Å². The van der Waals surface area contributed by atoms with Crippen molar-refractivity contribution in [2.24, 2.45) is 0 Å². The molecule has 6 unspecified atom stereocenters. The van der Waals surface area contributed by atoms with Crippen LogP contribution < -0.4 is 0 Å². The van der Waals surface area contributed by atoms with Gasteiger partial charge in [0.1, 0.15) is 24.9 Å². The summed E-state index contributed by atoms with van der Waals surface area (Å²) in [6.45, 7) is 3.50. The van der Waals surface area contributed by atoms with Crippen LogP contribution in [0.2, 0.25) is 0 Å². The van der Waals surface area contributed by atoms with Gasteiger partial charge in [-0.25, -0.2) is 4.79 Å². The van der Waals surface area contributed by atoms with E-state index in [2.05, 4.69) is 111 Å². The number of allylic oxidation sites excluding steroid dienone is 16. The van der Waals surface area contributed by atoms with E-state index in [-0.39, 0.29) is 19.4 Å². The van der Waals surface area contributed by atoms with Crippen LogP contribution in [0.1, 0.15) is 129 Å². The van der Waals surface area contributed by atoms with Crippen molar-refractivity contribution >= 4 is 17.9 Å². The maximum absolute atomic E-state index is 12.7. The van der Waals surface area contributed by atoms with Gasteiger partial charge in [0.2, 0.25) is 0 Å².